The van der Waals surface area contributed by atoms with Crippen LogP contribution < -0.4 is 0 Å². The number of ketones is 3. The Labute approximate surface area is 143 Å². The van der Waals surface area contributed by atoms with Gasteiger partial charge in [-0.15, -0.1) is 0 Å². The number of hydrogen-bond acceptors (Lipinski definition) is 3. The van der Waals surface area contributed by atoms with Gasteiger partial charge in [-0.25, -0.2) is 0 Å². The van der Waals surface area contributed by atoms with Gasteiger partial charge < -0.3 is 0 Å². The molecular formula is C21H26O3. The number of rotatable bonds is 1. The summed E-state index contributed by atoms with van der Waals surface area (Å²) in [5.41, 5.74) is 1.67. The number of hydrogen-bond donors (Lipinski definition) is 0. The van der Waals surface area contributed by atoms with Crippen LogP contribution in [0.2, 0.25) is 0 Å². The third-order valence-electron chi connectivity index (χ3n) is 7.62. The van der Waals surface area contributed by atoms with Gasteiger partial charge in [-0.3, -0.25) is 14.4 Å². The molecule has 3 nitrogen and oxygen atoms in total. The molecule has 0 saturated heterocycles. The predicted octanol–water partition coefficient (Wildman–Crippen LogP) is 3.82. The molecule has 0 radical (unpaired) electrons. The van der Waals surface area contributed by atoms with E-state index in [2.05, 4.69) is 19.9 Å². The second-order valence-corrected chi connectivity index (χ2v) is 8.81. The van der Waals surface area contributed by atoms with Gasteiger partial charge in [0.15, 0.2) is 11.6 Å². The highest BCUT2D eigenvalue weighted by atomic mass is 16.1. The Morgan fingerprint density at radius 3 is 2.62 bits per heavy atom. The van der Waals surface area contributed by atoms with Gasteiger partial charge in [-0.05, 0) is 61.5 Å². The first-order chi connectivity index (χ1) is 11.3. The molecule has 24 heavy (non-hydrogen) atoms. The summed E-state index contributed by atoms with van der Waals surface area (Å²) in [6.07, 6.45) is 8.61. The minimum atomic E-state index is -0.272. The van der Waals surface area contributed by atoms with Crippen LogP contribution in [-0.4, -0.2) is 17.3 Å². The van der Waals surface area contributed by atoms with Gasteiger partial charge in [0.05, 0.1) is 0 Å². The third kappa shape index (κ3) is 1.93. The summed E-state index contributed by atoms with van der Waals surface area (Å²) >= 11 is 0. The Morgan fingerprint density at radius 2 is 1.92 bits per heavy atom. The average Bonchev–Trinajstić information content (AvgIpc) is 2.84. The Bertz CT molecular complexity index is 713. The zero-order chi connectivity index (χ0) is 17.3. The molecule has 0 aromatic rings. The van der Waals surface area contributed by atoms with Gasteiger partial charge in [0, 0.05) is 24.2 Å². The van der Waals surface area contributed by atoms with E-state index in [0.717, 1.165) is 31.3 Å². The van der Waals surface area contributed by atoms with E-state index < -0.39 is 0 Å². The highest BCUT2D eigenvalue weighted by Crippen LogP contribution is 2.64. The lowest BCUT2D eigenvalue weighted by atomic mass is 9.46. The Kier molecular flexibility index (Phi) is 3.33. The Hall–Kier alpha value is -1.51. The normalized spacial score (nSPS) is 44.2. The van der Waals surface area contributed by atoms with Crippen molar-refractivity contribution in [3.05, 3.63) is 23.3 Å². The van der Waals surface area contributed by atoms with Crippen molar-refractivity contribution < 1.29 is 14.4 Å². The summed E-state index contributed by atoms with van der Waals surface area (Å²) in [5.74, 6) is 1.43. The molecular weight excluding hydrogens is 300 g/mol. The number of carbonyl (C=O) groups excluding carboxylic acids is 3. The number of allylic oxidation sites excluding steroid dienone is 4. The maximum atomic E-state index is 13.2. The largest absolute Gasteiger partial charge is 0.299 e. The van der Waals surface area contributed by atoms with Crippen molar-refractivity contribution in [3.63, 3.8) is 0 Å². The van der Waals surface area contributed by atoms with E-state index in [-0.39, 0.29) is 28.3 Å². The molecule has 4 rings (SSSR count). The maximum absolute atomic E-state index is 13.2. The zero-order valence-electron chi connectivity index (χ0n) is 14.9. The minimum Gasteiger partial charge on any atom is -0.299 e. The maximum Gasteiger partial charge on any atom is 0.156 e. The summed E-state index contributed by atoms with van der Waals surface area (Å²) in [6, 6.07) is 0. The van der Waals surface area contributed by atoms with E-state index in [1.54, 1.807) is 6.92 Å². The number of Topliss-reactive ketones (excluding diaryl/α,β-unsaturated/α-hetero) is 2. The Balaban J connectivity index is 1.75. The summed E-state index contributed by atoms with van der Waals surface area (Å²) in [4.78, 5) is 37.2. The highest BCUT2D eigenvalue weighted by Gasteiger charge is 2.60. The van der Waals surface area contributed by atoms with Gasteiger partial charge in [-0.2, -0.15) is 0 Å². The van der Waals surface area contributed by atoms with E-state index >= 15 is 0 Å². The molecule has 0 amide bonds. The average molecular weight is 326 g/mol. The molecule has 5 atom stereocenters. The SMILES string of the molecule is CC(=O)C1=CC[C@@H]2[C@H]3CCC4=CC(=O)CC[C@]4(C)[C@@H]3C(=O)C[C@]12C. The molecule has 0 spiro atoms. The van der Waals surface area contributed by atoms with Crippen molar-refractivity contribution >= 4 is 17.3 Å². The molecule has 128 valence electrons. The second-order valence-electron chi connectivity index (χ2n) is 8.81. The van der Waals surface area contributed by atoms with Crippen molar-refractivity contribution in [3.8, 4) is 0 Å². The molecule has 0 aliphatic heterocycles. The molecule has 0 bridgehead atoms. The fraction of sp³-hybridized carbons (Fsp3) is 0.667. The van der Waals surface area contributed by atoms with Gasteiger partial charge in [-0.1, -0.05) is 25.5 Å². The third-order valence-corrected chi connectivity index (χ3v) is 7.62. The molecule has 0 heterocycles. The summed E-state index contributed by atoms with van der Waals surface area (Å²) in [7, 11) is 0. The fourth-order valence-electron chi connectivity index (χ4n) is 6.51. The van der Waals surface area contributed by atoms with Crippen LogP contribution in [0.5, 0.6) is 0 Å². The Morgan fingerprint density at radius 1 is 1.17 bits per heavy atom. The topological polar surface area (TPSA) is 51.2 Å². The van der Waals surface area contributed by atoms with Crippen molar-refractivity contribution in [2.24, 2.45) is 28.6 Å². The van der Waals surface area contributed by atoms with E-state index in [4.69, 9.17) is 0 Å². The van der Waals surface area contributed by atoms with Gasteiger partial charge in [0.1, 0.15) is 5.78 Å². The number of carbonyl (C=O) groups is 3. The van der Waals surface area contributed by atoms with Crippen LogP contribution >= 0.6 is 0 Å². The lowest BCUT2D eigenvalue weighted by Gasteiger charge is -2.56. The smallest absolute Gasteiger partial charge is 0.156 e. The lowest BCUT2D eigenvalue weighted by molar-refractivity contribution is -0.143. The molecule has 4 aliphatic carbocycles. The van der Waals surface area contributed by atoms with Crippen molar-refractivity contribution in [2.45, 2.75) is 59.3 Å². The summed E-state index contributed by atoms with van der Waals surface area (Å²) < 4.78 is 0. The van der Waals surface area contributed by atoms with E-state index in [1.165, 1.54) is 5.57 Å². The van der Waals surface area contributed by atoms with Gasteiger partial charge in [0.25, 0.3) is 0 Å². The number of fused-ring (bicyclic) bond motifs is 5. The quantitative estimate of drug-likeness (QED) is 0.736. The molecule has 0 N–H and O–H groups in total. The summed E-state index contributed by atoms with van der Waals surface area (Å²) in [6.45, 7) is 5.97. The molecule has 4 aliphatic rings. The molecule has 0 aromatic heterocycles. The lowest BCUT2D eigenvalue weighted by Crippen LogP contribution is -2.54. The van der Waals surface area contributed by atoms with Crippen molar-refractivity contribution in [1.82, 2.24) is 0 Å². The van der Waals surface area contributed by atoms with Crippen molar-refractivity contribution in [2.75, 3.05) is 0 Å². The first-order valence-corrected chi connectivity index (χ1v) is 9.25. The van der Waals surface area contributed by atoms with Crippen LogP contribution in [0.25, 0.3) is 0 Å². The molecule has 0 aromatic carbocycles. The molecule has 2 fully saturated rings. The van der Waals surface area contributed by atoms with Crippen LogP contribution in [0.4, 0.5) is 0 Å². The molecule has 3 heteroatoms. The molecule has 0 unspecified atom stereocenters. The first-order valence-electron chi connectivity index (χ1n) is 9.25. The van der Waals surface area contributed by atoms with Crippen LogP contribution in [0.15, 0.2) is 23.3 Å². The monoisotopic (exact) mass is 326 g/mol. The molecule has 2 saturated carbocycles. The van der Waals surface area contributed by atoms with Crippen LogP contribution in [0, 0.1) is 28.6 Å². The van der Waals surface area contributed by atoms with E-state index in [9.17, 15) is 14.4 Å². The van der Waals surface area contributed by atoms with Crippen LogP contribution in [-0.2, 0) is 14.4 Å². The fourth-order valence-corrected chi connectivity index (χ4v) is 6.51. The summed E-state index contributed by atoms with van der Waals surface area (Å²) in [5, 5.41) is 0. The second kappa shape index (κ2) is 5.00. The van der Waals surface area contributed by atoms with Crippen LogP contribution in [0.3, 0.4) is 0 Å². The first kappa shape index (κ1) is 16.0. The minimum absolute atomic E-state index is 0.0309. The van der Waals surface area contributed by atoms with Crippen LogP contribution in [0.1, 0.15) is 59.3 Å². The van der Waals surface area contributed by atoms with Gasteiger partial charge in [0.2, 0.25) is 0 Å². The van der Waals surface area contributed by atoms with E-state index in [1.807, 2.05) is 6.08 Å². The van der Waals surface area contributed by atoms with Crippen molar-refractivity contribution in [1.29, 1.82) is 0 Å². The van der Waals surface area contributed by atoms with Gasteiger partial charge >= 0.3 is 0 Å². The zero-order valence-corrected chi connectivity index (χ0v) is 14.9. The highest BCUT2D eigenvalue weighted by molar-refractivity contribution is 5.98. The van der Waals surface area contributed by atoms with E-state index in [0.29, 0.717) is 30.5 Å². The predicted molar refractivity (Wildman–Crippen MR) is 91.2 cm³/mol. The standard InChI is InChI=1S/C21H26O3/c1-12(22)16-6-7-17-15-5-4-13-10-14(23)8-9-20(13,2)19(15)18(24)11-21(16,17)3/h6,10,15,17,19H,4-5,7-9,11H2,1-3H3/t15-,17-,19+,20+,21-/m1/s1.